The molecule has 0 saturated heterocycles. The highest BCUT2D eigenvalue weighted by Crippen LogP contribution is 2.29. The normalized spacial score (nSPS) is 11.0. The molecule has 0 atom stereocenters. The number of primary amides is 1. The number of hydrogen-bond acceptors (Lipinski definition) is 2. The Morgan fingerprint density at radius 3 is 2.00 bits per heavy atom. The number of nitrogens with two attached hydrogens (primary N) is 1. The van der Waals surface area contributed by atoms with Gasteiger partial charge in [0.2, 0.25) is 0 Å². The fourth-order valence-corrected chi connectivity index (χ4v) is 2.25. The maximum Gasteiger partial charge on any atom is 0.416 e. The van der Waals surface area contributed by atoms with Crippen LogP contribution in [0.3, 0.4) is 0 Å². The maximum atomic E-state index is 12.5. The fraction of sp³-hybridized carbons (Fsp3) is 0.222. The SMILES string of the molecule is NC(=O)NCc1ccc(C(=O)NCCc2ccc(C(F)(F)F)cc2)cc1. The monoisotopic (exact) mass is 365 g/mol. The van der Waals surface area contributed by atoms with Crippen LogP contribution in [0.5, 0.6) is 0 Å². The molecular formula is C18H18F3N3O2. The van der Waals surface area contributed by atoms with Crippen molar-refractivity contribution in [2.75, 3.05) is 6.54 Å². The lowest BCUT2D eigenvalue weighted by Gasteiger charge is -2.09. The van der Waals surface area contributed by atoms with Gasteiger partial charge < -0.3 is 16.4 Å². The van der Waals surface area contributed by atoms with Crippen LogP contribution < -0.4 is 16.4 Å². The molecule has 0 aliphatic rings. The van der Waals surface area contributed by atoms with E-state index in [9.17, 15) is 22.8 Å². The van der Waals surface area contributed by atoms with Crippen molar-refractivity contribution in [2.45, 2.75) is 19.1 Å². The summed E-state index contributed by atoms with van der Waals surface area (Å²) in [5.74, 6) is -0.286. The van der Waals surface area contributed by atoms with E-state index in [1.165, 1.54) is 12.1 Å². The Hall–Kier alpha value is -3.03. The van der Waals surface area contributed by atoms with Gasteiger partial charge in [0, 0.05) is 18.7 Å². The highest BCUT2D eigenvalue weighted by atomic mass is 19.4. The molecule has 5 nitrogen and oxygen atoms in total. The van der Waals surface area contributed by atoms with E-state index in [2.05, 4.69) is 10.6 Å². The topological polar surface area (TPSA) is 84.2 Å². The summed E-state index contributed by atoms with van der Waals surface area (Å²) in [4.78, 5) is 22.7. The number of urea groups is 1. The van der Waals surface area contributed by atoms with Crippen molar-refractivity contribution in [3.63, 3.8) is 0 Å². The number of carbonyl (C=O) groups excluding carboxylic acids is 2. The van der Waals surface area contributed by atoms with Crippen molar-refractivity contribution in [3.05, 3.63) is 70.8 Å². The van der Waals surface area contributed by atoms with E-state index >= 15 is 0 Å². The first-order valence-electron chi connectivity index (χ1n) is 7.82. The predicted molar refractivity (Wildman–Crippen MR) is 90.3 cm³/mol. The van der Waals surface area contributed by atoms with Gasteiger partial charge in [-0.3, -0.25) is 4.79 Å². The van der Waals surface area contributed by atoms with Crippen LogP contribution in [0.15, 0.2) is 48.5 Å². The van der Waals surface area contributed by atoms with Crippen LogP contribution in [-0.2, 0) is 19.1 Å². The predicted octanol–water partition coefficient (Wildman–Crippen LogP) is 2.85. The second kappa shape index (κ2) is 8.37. The molecule has 0 spiro atoms. The minimum absolute atomic E-state index is 0.269. The maximum absolute atomic E-state index is 12.5. The van der Waals surface area contributed by atoms with Crippen molar-refractivity contribution < 1.29 is 22.8 Å². The molecule has 0 fully saturated rings. The van der Waals surface area contributed by atoms with E-state index in [0.717, 1.165) is 17.7 Å². The number of hydrogen-bond donors (Lipinski definition) is 3. The molecule has 0 radical (unpaired) electrons. The Balaban J connectivity index is 1.82. The number of rotatable bonds is 6. The summed E-state index contributed by atoms with van der Waals surface area (Å²) >= 11 is 0. The zero-order valence-electron chi connectivity index (χ0n) is 13.8. The first-order valence-corrected chi connectivity index (χ1v) is 7.82. The first kappa shape index (κ1) is 19.3. The molecule has 2 aromatic rings. The summed E-state index contributed by atoms with van der Waals surface area (Å²) in [6, 6.07) is 10.8. The molecule has 0 heterocycles. The summed E-state index contributed by atoms with van der Waals surface area (Å²) in [6.07, 6.45) is -3.93. The standard InChI is InChI=1S/C18H18F3N3O2/c19-18(20,21)15-7-3-12(4-8-15)9-10-23-16(25)14-5-1-13(2-6-14)11-24-17(22)26/h1-8H,9-11H2,(H,23,25)(H3,22,24,26). The van der Waals surface area contributed by atoms with Gasteiger partial charge in [-0.05, 0) is 41.8 Å². The minimum Gasteiger partial charge on any atom is -0.352 e. The Labute approximate surface area is 148 Å². The molecule has 0 saturated carbocycles. The quantitative estimate of drug-likeness (QED) is 0.735. The molecule has 0 unspecified atom stereocenters. The smallest absolute Gasteiger partial charge is 0.352 e. The summed E-state index contributed by atoms with van der Waals surface area (Å²) in [6.45, 7) is 0.570. The second-order valence-electron chi connectivity index (χ2n) is 5.62. The van der Waals surface area contributed by atoms with Crippen molar-refractivity contribution in [1.29, 1.82) is 0 Å². The highest BCUT2D eigenvalue weighted by molar-refractivity contribution is 5.94. The molecule has 2 rings (SSSR count). The van der Waals surface area contributed by atoms with E-state index in [4.69, 9.17) is 5.73 Å². The van der Waals surface area contributed by atoms with Gasteiger partial charge in [0.15, 0.2) is 0 Å². The average molecular weight is 365 g/mol. The summed E-state index contributed by atoms with van der Waals surface area (Å²) < 4.78 is 37.5. The highest BCUT2D eigenvalue weighted by Gasteiger charge is 2.29. The number of benzene rings is 2. The number of nitrogens with one attached hydrogen (secondary N) is 2. The summed E-state index contributed by atoms with van der Waals surface area (Å²) in [5.41, 5.74) is 6.22. The van der Waals surface area contributed by atoms with Crippen molar-refractivity contribution in [1.82, 2.24) is 10.6 Å². The Morgan fingerprint density at radius 2 is 1.46 bits per heavy atom. The van der Waals surface area contributed by atoms with Crippen molar-refractivity contribution in [2.24, 2.45) is 5.73 Å². The van der Waals surface area contributed by atoms with Crippen LogP contribution in [0.2, 0.25) is 0 Å². The Bertz CT molecular complexity index is 757. The summed E-state index contributed by atoms with van der Waals surface area (Å²) in [7, 11) is 0. The van der Waals surface area contributed by atoms with Crippen LogP contribution in [0.25, 0.3) is 0 Å². The molecule has 0 aromatic heterocycles. The lowest BCUT2D eigenvalue weighted by atomic mass is 10.1. The third kappa shape index (κ3) is 5.80. The van der Waals surface area contributed by atoms with Crippen LogP contribution in [0, 0.1) is 0 Å². The van der Waals surface area contributed by atoms with Gasteiger partial charge >= 0.3 is 12.2 Å². The van der Waals surface area contributed by atoms with Gasteiger partial charge in [-0.1, -0.05) is 24.3 Å². The Morgan fingerprint density at radius 1 is 0.885 bits per heavy atom. The number of halogens is 3. The molecule has 0 aliphatic heterocycles. The largest absolute Gasteiger partial charge is 0.416 e. The van der Waals surface area contributed by atoms with E-state index in [1.807, 2.05) is 0 Å². The number of alkyl halides is 3. The molecule has 0 bridgehead atoms. The Kier molecular flexibility index (Phi) is 6.21. The van der Waals surface area contributed by atoms with Gasteiger partial charge in [0.25, 0.3) is 5.91 Å². The van der Waals surface area contributed by atoms with Crippen LogP contribution in [-0.4, -0.2) is 18.5 Å². The third-order valence-corrected chi connectivity index (χ3v) is 3.66. The molecule has 3 amide bonds. The average Bonchev–Trinajstić information content (AvgIpc) is 2.60. The van der Waals surface area contributed by atoms with E-state index in [0.29, 0.717) is 24.1 Å². The van der Waals surface area contributed by atoms with Gasteiger partial charge in [-0.2, -0.15) is 13.2 Å². The lowest BCUT2D eigenvalue weighted by molar-refractivity contribution is -0.137. The van der Waals surface area contributed by atoms with Crippen LogP contribution in [0.4, 0.5) is 18.0 Å². The summed E-state index contributed by atoms with van der Waals surface area (Å²) in [5, 5.41) is 5.16. The van der Waals surface area contributed by atoms with Crippen molar-refractivity contribution in [3.8, 4) is 0 Å². The second-order valence-corrected chi connectivity index (χ2v) is 5.62. The number of amides is 3. The van der Waals surface area contributed by atoms with Gasteiger partial charge in [0.05, 0.1) is 5.56 Å². The molecule has 0 aliphatic carbocycles. The zero-order chi connectivity index (χ0) is 19.2. The van der Waals surface area contributed by atoms with Gasteiger partial charge in [0.1, 0.15) is 0 Å². The molecule has 138 valence electrons. The molecule has 8 heteroatoms. The molecule has 2 aromatic carbocycles. The minimum atomic E-state index is -4.36. The van der Waals surface area contributed by atoms with E-state index < -0.39 is 17.8 Å². The van der Waals surface area contributed by atoms with Gasteiger partial charge in [-0.25, -0.2) is 4.79 Å². The van der Waals surface area contributed by atoms with E-state index in [1.54, 1.807) is 24.3 Å². The third-order valence-electron chi connectivity index (χ3n) is 3.66. The molecular weight excluding hydrogens is 347 g/mol. The fourth-order valence-electron chi connectivity index (χ4n) is 2.25. The first-order chi connectivity index (χ1) is 12.3. The lowest BCUT2D eigenvalue weighted by Crippen LogP contribution is -2.28. The van der Waals surface area contributed by atoms with Crippen LogP contribution in [0.1, 0.15) is 27.0 Å². The van der Waals surface area contributed by atoms with Crippen molar-refractivity contribution >= 4 is 11.9 Å². The van der Waals surface area contributed by atoms with Gasteiger partial charge in [-0.15, -0.1) is 0 Å². The van der Waals surface area contributed by atoms with E-state index in [-0.39, 0.29) is 12.5 Å². The molecule has 4 N–H and O–H groups in total. The molecule has 26 heavy (non-hydrogen) atoms. The number of carbonyl (C=O) groups is 2. The van der Waals surface area contributed by atoms with Crippen LogP contribution >= 0.6 is 0 Å². The zero-order valence-corrected chi connectivity index (χ0v) is 13.8.